The molecule has 2 saturated carbocycles. The van der Waals surface area contributed by atoms with E-state index in [1.54, 1.807) is 25.1 Å². The van der Waals surface area contributed by atoms with Gasteiger partial charge in [0.2, 0.25) is 27.4 Å². The summed E-state index contributed by atoms with van der Waals surface area (Å²) in [6.07, 6.45) is -6.12. The average molecular weight is 956 g/mol. The van der Waals surface area contributed by atoms with Crippen LogP contribution in [-0.2, 0) is 35.3 Å². The van der Waals surface area contributed by atoms with Crippen molar-refractivity contribution in [2.45, 2.75) is 126 Å². The summed E-state index contributed by atoms with van der Waals surface area (Å²) in [7, 11) is -2.77. The van der Waals surface area contributed by atoms with Crippen LogP contribution in [-0.4, -0.2) is 106 Å². The number of hydrogen-bond donors (Lipinski definition) is 3. The zero-order chi connectivity index (χ0) is 48.4. The van der Waals surface area contributed by atoms with Gasteiger partial charge in [-0.1, -0.05) is 26.0 Å². The molecule has 0 spiro atoms. The number of halogens is 6. The molecule has 4 heterocycles. The van der Waals surface area contributed by atoms with Gasteiger partial charge < -0.3 is 29.7 Å². The number of aromatic nitrogens is 3. The minimum Gasteiger partial charge on any atom is -0.497 e. The molecule has 16 nitrogen and oxygen atoms in total. The van der Waals surface area contributed by atoms with E-state index in [-0.39, 0.29) is 48.8 Å². The summed E-state index contributed by atoms with van der Waals surface area (Å²) < 4.78 is 127. The average Bonchev–Trinajstić information content (AvgIpc) is 3.99. The largest absolute Gasteiger partial charge is 0.497 e. The molecule has 2 aliphatic heterocycles. The van der Waals surface area contributed by atoms with E-state index in [9.17, 15) is 53.9 Å². The van der Waals surface area contributed by atoms with E-state index >= 15 is 0 Å². The predicted molar refractivity (Wildman–Crippen MR) is 223 cm³/mol. The highest BCUT2D eigenvalue weighted by Crippen LogP contribution is 2.48. The molecule has 0 radical (unpaired) electrons. The second-order valence-corrected chi connectivity index (χ2v) is 20.7. The van der Waals surface area contributed by atoms with E-state index in [2.05, 4.69) is 25.4 Å². The number of hydrogen-bond acceptors (Lipinski definition) is 11. The van der Waals surface area contributed by atoms with Gasteiger partial charge in [-0.25, -0.2) is 22.9 Å². The van der Waals surface area contributed by atoms with Crippen LogP contribution in [0.2, 0.25) is 0 Å². The molecule has 3 N–H and O–H groups in total. The molecule has 3 aromatic rings. The molecule has 0 bridgehead atoms. The van der Waals surface area contributed by atoms with Gasteiger partial charge in [-0.15, -0.1) is 0 Å². The number of nitrogens with one attached hydrogen (secondary N) is 3. The van der Waals surface area contributed by atoms with Gasteiger partial charge >= 0.3 is 18.4 Å². The van der Waals surface area contributed by atoms with Crippen LogP contribution in [0.1, 0.15) is 85.3 Å². The molecule has 23 heteroatoms. The van der Waals surface area contributed by atoms with Crippen LogP contribution in [0.15, 0.2) is 48.7 Å². The lowest BCUT2D eigenvalue weighted by atomic mass is 9.88. The maximum absolute atomic E-state index is 14.9. The second kappa shape index (κ2) is 17.2. The molecule has 1 aromatic carbocycles. The van der Waals surface area contributed by atoms with E-state index in [0.29, 0.717) is 50.7 Å². The first kappa shape index (κ1) is 48.3. The highest BCUT2D eigenvalue weighted by atomic mass is 32.2. The van der Waals surface area contributed by atoms with Crippen molar-refractivity contribution in [1.29, 1.82) is 0 Å². The Hall–Kier alpha value is -5.61. The Morgan fingerprint density at radius 1 is 1.02 bits per heavy atom. The SMILES string of the molecule is COc1ccc2c(O[C@@H]3C[C@H]4C(=O)N[C@]5(C(=O)NS(=O)(=O)C6(C)CC6)CC5/C=C\CC[C@@H](C)C[C@@H](C)[C@H](NC(=O)OC(C)(C)C(F)(F)F)C(=O)N4C3)cc(-n3ccc(C(F)(F)F)n3)nc2c1. The van der Waals surface area contributed by atoms with Crippen LogP contribution < -0.4 is 24.8 Å². The van der Waals surface area contributed by atoms with Gasteiger partial charge in [-0.2, -0.15) is 31.4 Å². The van der Waals surface area contributed by atoms with Gasteiger partial charge in [0.1, 0.15) is 35.2 Å². The normalized spacial score (nSPS) is 27.6. The number of carbonyl (C=O) groups is 4. The molecule has 360 valence electrons. The number of alkyl halides is 6. The molecule has 2 aromatic heterocycles. The fourth-order valence-electron chi connectivity index (χ4n) is 8.33. The second-order valence-electron chi connectivity index (χ2n) is 18.5. The summed E-state index contributed by atoms with van der Waals surface area (Å²) >= 11 is 0. The molecule has 7 atom stereocenters. The number of rotatable bonds is 9. The zero-order valence-corrected chi connectivity index (χ0v) is 37.7. The Morgan fingerprint density at radius 3 is 2.36 bits per heavy atom. The van der Waals surface area contributed by atoms with Gasteiger partial charge in [-0.3, -0.25) is 19.1 Å². The maximum Gasteiger partial charge on any atom is 0.435 e. The zero-order valence-electron chi connectivity index (χ0n) is 36.9. The van der Waals surface area contributed by atoms with Gasteiger partial charge in [0.15, 0.2) is 11.5 Å². The lowest BCUT2D eigenvalue weighted by molar-refractivity contribution is -0.244. The molecule has 1 unspecified atom stereocenters. The van der Waals surface area contributed by atoms with Gasteiger partial charge in [-0.05, 0) is 89.3 Å². The Labute approximate surface area is 376 Å². The maximum atomic E-state index is 14.9. The van der Waals surface area contributed by atoms with Crippen LogP contribution in [0.25, 0.3) is 16.7 Å². The number of carbonyl (C=O) groups excluding carboxylic acids is 4. The number of benzene rings is 1. The third kappa shape index (κ3) is 9.76. The molecule has 3 fully saturated rings. The highest BCUT2D eigenvalue weighted by molar-refractivity contribution is 7.91. The number of alkyl carbamates (subject to hydrolysis) is 1. The van der Waals surface area contributed by atoms with Crippen molar-refractivity contribution in [3.63, 3.8) is 0 Å². The Bertz CT molecular complexity index is 2540. The Kier molecular flexibility index (Phi) is 12.6. The molecule has 66 heavy (non-hydrogen) atoms. The van der Waals surface area contributed by atoms with E-state index in [4.69, 9.17) is 14.2 Å². The Morgan fingerprint density at radius 2 is 1.73 bits per heavy atom. The van der Waals surface area contributed by atoms with E-state index in [0.717, 1.165) is 21.8 Å². The van der Waals surface area contributed by atoms with Crippen LogP contribution in [0, 0.1) is 17.8 Å². The number of ether oxygens (including phenoxy) is 3. The first-order valence-electron chi connectivity index (χ1n) is 21.4. The van der Waals surface area contributed by atoms with Crippen molar-refractivity contribution in [1.82, 2.24) is 35.0 Å². The molecule has 1 saturated heterocycles. The fourth-order valence-corrected chi connectivity index (χ4v) is 9.64. The quantitative estimate of drug-likeness (QED) is 0.165. The van der Waals surface area contributed by atoms with Crippen molar-refractivity contribution in [3.8, 4) is 17.3 Å². The topological polar surface area (TPSA) is 200 Å². The number of fused-ring (bicyclic) bond motifs is 3. The van der Waals surface area contributed by atoms with Crippen molar-refractivity contribution in [2.24, 2.45) is 17.8 Å². The summed E-state index contributed by atoms with van der Waals surface area (Å²) in [6, 6.07) is 3.68. The molecule has 4 amide bonds. The minimum absolute atomic E-state index is 0.0181. The van der Waals surface area contributed by atoms with Gasteiger partial charge in [0, 0.05) is 36.1 Å². The van der Waals surface area contributed by atoms with Crippen molar-refractivity contribution in [3.05, 3.63) is 54.4 Å². The van der Waals surface area contributed by atoms with Gasteiger partial charge in [0.25, 0.3) is 5.91 Å². The number of methoxy groups -OCH3 is 1. The van der Waals surface area contributed by atoms with E-state index < -0.39 is 97.8 Å². The van der Waals surface area contributed by atoms with Crippen LogP contribution in [0.5, 0.6) is 11.5 Å². The van der Waals surface area contributed by atoms with Crippen molar-refractivity contribution < 1.29 is 68.1 Å². The molecular formula is C43H51F6N7O9S. The number of nitrogens with zero attached hydrogens (tertiary/aromatic N) is 4. The predicted octanol–water partition coefficient (Wildman–Crippen LogP) is 6.12. The number of allylic oxidation sites excluding steroid dienone is 1. The number of sulfonamides is 1. The van der Waals surface area contributed by atoms with Crippen LogP contribution in [0.4, 0.5) is 31.1 Å². The molecule has 4 aliphatic rings. The van der Waals surface area contributed by atoms with E-state index in [1.165, 1.54) is 26.2 Å². The van der Waals surface area contributed by atoms with Gasteiger partial charge in [0.05, 0.1) is 23.9 Å². The van der Waals surface area contributed by atoms with Crippen LogP contribution in [0.3, 0.4) is 0 Å². The molecule has 2 aliphatic carbocycles. The smallest absolute Gasteiger partial charge is 0.435 e. The summed E-state index contributed by atoms with van der Waals surface area (Å²) in [5, 5.41) is 9.04. The van der Waals surface area contributed by atoms with Crippen molar-refractivity contribution >= 4 is 44.7 Å². The standard InChI is InChI=1S/C43H51F6N7O9S/c1-23-9-7-8-10-25-21-41(25,37(59)54-66(61,62)40(5)14-15-40)52-35(57)30-19-27(22-55(30)36(58)34(24(2)17-23)51-38(60)65-39(3,4)43(47,48)49)64-31-20-33(56-16-13-32(53-56)42(44,45)46)50-29-18-26(63-6)11-12-28(29)31/h8,10-13,16,18,20,23-25,27,30,34H,7,9,14-15,17,19,21-22H2,1-6H3,(H,51,60)(H,52,57)(H,54,59)/b10-8-/t23-,24-,25?,27-,30+,34+,41-/m1/s1. The fraction of sp³-hybridized carbons (Fsp3) is 0.581. The molecular weight excluding hydrogens is 905 g/mol. The lowest BCUT2D eigenvalue weighted by Gasteiger charge is -2.34. The monoisotopic (exact) mass is 955 g/mol. The third-order valence-electron chi connectivity index (χ3n) is 12.9. The summed E-state index contributed by atoms with van der Waals surface area (Å²) in [4.78, 5) is 62.5. The first-order chi connectivity index (χ1) is 30.7. The third-order valence-corrected chi connectivity index (χ3v) is 15.1. The summed E-state index contributed by atoms with van der Waals surface area (Å²) in [5.74, 6) is -3.99. The number of pyridine rings is 1. The summed E-state index contributed by atoms with van der Waals surface area (Å²) in [5.41, 5.74) is -5.70. The lowest BCUT2D eigenvalue weighted by Crippen LogP contribution is -2.59. The minimum atomic E-state index is -4.98. The van der Waals surface area contributed by atoms with Crippen LogP contribution >= 0.6 is 0 Å². The highest BCUT2D eigenvalue weighted by Gasteiger charge is 2.63. The van der Waals surface area contributed by atoms with E-state index in [1.807, 2.05) is 13.0 Å². The summed E-state index contributed by atoms with van der Waals surface area (Å²) in [6.45, 7) is 5.91. The first-order valence-corrected chi connectivity index (χ1v) is 22.9. The Balaban J connectivity index is 1.27. The van der Waals surface area contributed by atoms with Crippen molar-refractivity contribution in [2.75, 3.05) is 13.7 Å². The molecule has 7 rings (SSSR count). The number of amides is 4.